The van der Waals surface area contributed by atoms with E-state index in [1.54, 1.807) is 48.5 Å². The molecule has 0 aliphatic heterocycles. The molecular weight excluding hydrogens is 502 g/mol. The number of carbonyl (C=O) groups is 4. The minimum atomic E-state index is -1.50. The topological polar surface area (TPSA) is 141 Å². The van der Waals surface area contributed by atoms with E-state index in [4.69, 9.17) is 9.84 Å². The van der Waals surface area contributed by atoms with Crippen molar-refractivity contribution in [1.29, 1.82) is 0 Å². The number of benzene rings is 2. The van der Waals surface area contributed by atoms with E-state index < -0.39 is 34.7 Å². The number of carbonyl (C=O) groups excluding carboxylic acids is 3. The van der Waals surface area contributed by atoms with Crippen LogP contribution in [0.15, 0.2) is 48.5 Å². The first-order chi connectivity index (χ1) is 18.1. The van der Waals surface area contributed by atoms with Crippen LogP contribution < -0.4 is 0 Å². The van der Waals surface area contributed by atoms with Crippen LogP contribution in [0.25, 0.3) is 0 Å². The monoisotopic (exact) mass is 541 g/mol. The van der Waals surface area contributed by atoms with Gasteiger partial charge in [-0.3, -0.25) is 24.1 Å². The second-order valence-electron chi connectivity index (χ2n) is 10.7. The van der Waals surface area contributed by atoms with E-state index in [1.807, 2.05) is 11.9 Å². The van der Waals surface area contributed by atoms with Crippen molar-refractivity contribution in [2.45, 2.75) is 70.6 Å². The predicted octanol–water partition coefficient (Wildman–Crippen LogP) is 3.80. The van der Waals surface area contributed by atoms with Crippen molar-refractivity contribution in [1.82, 2.24) is 4.90 Å². The Balaban J connectivity index is 2.22. The molecule has 0 fully saturated rings. The number of likely N-dealkylation sites (N-methyl/N-ethyl adjacent to an activating group) is 1. The molecule has 212 valence electrons. The van der Waals surface area contributed by atoms with E-state index in [0.29, 0.717) is 30.5 Å². The first-order valence-corrected chi connectivity index (χ1v) is 12.9. The molecule has 0 heterocycles. The second-order valence-corrected chi connectivity index (χ2v) is 10.7. The summed E-state index contributed by atoms with van der Waals surface area (Å²) < 4.78 is 5.34. The Morgan fingerprint density at radius 2 is 1.18 bits per heavy atom. The molecule has 0 saturated heterocycles. The van der Waals surface area contributed by atoms with Gasteiger partial charge in [-0.2, -0.15) is 0 Å². The average molecular weight is 542 g/mol. The minimum absolute atomic E-state index is 0.0120. The summed E-state index contributed by atoms with van der Waals surface area (Å²) in [4.78, 5) is 49.6. The molecule has 0 atom stereocenters. The van der Waals surface area contributed by atoms with Crippen molar-refractivity contribution in [2.75, 3.05) is 20.2 Å². The molecule has 0 aliphatic rings. The van der Waals surface area contributed by atoms with Crippen LogP contribution in [0, 0.1) is 0 Å². The molecule has 2 rings (SSSR count). The largest absolute Gasteiger partial charge is 0.481 e. The fourth-order valence-corrected chi connectivity index (χ4v) is 4.09. The number of aliphatic carboxylic acids is 1. The van der Waals surface area contributed by atoms with E-state index in [0.717, 1.165) is 11.1 Å². The standard InChI is InChI=1S/C30H39NO8/c1-29(2,37)27(35)22-14-10-20(11-15-22)26(21-12-16-23(17-13-21)28(36)30(3,4)38)31(5)18-19-39-25(34)9-7-6-8-24(32)33/h10-17,26,37-38H,6-9,18-19H2,1-5H3,(H,32,33). The maximum atomic E-state index is 12.5. The number of hydrogen-bond acceptors (Lipinski definition) is 8. The number of nitrogens with zero attached hydrogens (tertiary/aromatic N) is 1. The maximum Gasteiger partial charge on any atom is 0.305 e. The van der Waals surface area contributed by atoms with Crippen LogP contribution in [0.5, 0.6) is 0 Å². The Morgan fingerprint density at radius 3 is 1.56 bits per heavy atom. The molecule has 0 bridgehead atoms. The summed E-state index contributed by atoms with van der Waals surface area (Å²) in [5.41, 5.74) is -0.584. The summed E-state index contributed by atoms with van der Waals surface area (Å²) >= 11 is 0. The number of esters is 1. The van der Waals surface area contributed by atoms with Gasteiger partial charge in [-0.05, 0) is 58.7 Å². The third-order valence-corrected chi connectivity index (χ3v) is 6.26. The van der Waals surface area contributed by atoms with Crippen molar-refractivity contribution >= 4 is 23.5 Å². The third-order valence-electron chi connectivity index (χ3n) is 6.26. The first-order valence-electron chi connectivity index (χ1n) is 12.9. The Labute approximate surface area is 229 Å². The highest BCUT2D eigenvalue weighted by Crippen LogP contribution is 2.29. The van der Waals surface area contributed by atoms with Crippen LogP contribution in [0.1, 0.15) is 91.3 Å². The molecule has 0 amide bonds. The Kier molecular flexibility index (Phi) is 11.1. The van der Waals surface area contributed by atoms with Crippen molar-refractivity contribution in [3.8, 4) is 0 Å². The SMILES string of the molecule is CN(CCOC(=O)CCCCC(=O)O)C(c1ccc(C(=O)C(C)(C)O)cc1)c1ccc(C(=O)C(C)(C)O)cc1. The van der Waals surface area contributed by atoms with Gasteiger partial charge in [0.05, 0.1) is 6.04 Å². The number of rotatable bonds is 15. The summed E-state index contributed by atoms with van der Waals surface area (Å²) in [7, 11) is 1.86. The second kappa shape index (κ2) is 13.6. The van der Waals surface area contributed by atoms with Crippen LogP contribution in [0.3, 0.4) is 0 Å². The van der Waals surface area contributed by atoms with Gasteiger partial charge < -0.3 is 20.1 Å². The number of ether oxygens (including phenoxy) is 1. The maximum absolute atomic E-state index is 12.5. The van der Waals surface area contributed by atoms with E-state index in [2.05, 4.69) is 0 Å². The van der Waals surface area contributed by atoms with E-state index in [9.17, 15) is 29.4 Å². The molecule has 39 heavy (non-hydrogen) atoms. The molecule has 0 saturated carbocycles. The Hall–Kier alpha value is -3.40. The van der Waals surface area contributed by atoms with Gasteiger partial charge in [0.2, 0.25) is 0 Å². The molecule has 3 N–H and O–H groups in total. The van der Waals surface area contributed by atoms with Crippen LogP contribution in [0.4, 0.5) is 0 Å². The Bertz CT molecular complexity index is 1070. The summed E-state index contributed by atoms with van der Waals surface area (Å²) in [5.74, 6) is -2.09. The molecule has 0 spiro atoms. The number of ketones is 2. The molecule has 0 radical (unpaired) electrons. The molecule has 2 aromatic carbocycles. The van der Waals surface area contributed by atoms with Gasteiger partial charge in [-0.1, -0.05) is 48.5 Å². The molecular formula is C30H39NO8. The minimum Gasteiger partial charge on any atom is -0.481 e. The fourth-order valence-electron chi connectivity index (χ4n) is 4.09. The summed E-state index contributed by atoms with van der Waals surface area (Å²) in [5, 5.41) is 28.9. The highest BCUT2D eigenvalue weighted by molar-refractivity contribution is 6.02. The number of Topliss-reactive ketones (excluding diaryl/α,β-unsaturated/α-hetero) is 2. The Morgan fingerprint density at radius 1 is 0.769 bits per heavy atom. The van der Waals surface area contributed by atoms with Crippen LogP contribution in [0.2, 0.25) is 0 Å². The lowest BCUT2D eigenvalue weighted by Crippen LogP contribution is -2.32. The molecule has 0 aliphatic carbocycles. The predicted molar refractivity (Wildman–Crippen MR) is 146 cm³/mol. The fraction of sp³-hybridized carbons (Fsp3) is 0.467. The van der Waals surface area contributed by atoms with Crippen LogP contribution >= 0.6 is 0 Å². The molecule has 9 heteroatoms. The first kappa shape index (κ1) is 31.8. The number of hydrogen-bond donors (Lipinski definition) is 3. The summed E-state index contributed by atoms with van der Waals surface area (Å²) in [6.45, 7) is 6.23. The van der Waals surface area contributed by atoms with Crippen molar-refractivity contribution < 1.29 is 39.2 Å². The van der Waals surface area contributed by atoms with Gasteiger partial charge in [0.25, 0.3) is 0 Å². The highest BCUT2D eigenvalue weighted by atomic mass is 16.5. The molecule has 2 aromatic rings. The van der Waals surface area contributed by atoms with Gasteiger partial charge >= 0.3 is 11.9 Å². The average Bonchev–Trinajstić information content (AvgIpc) is 2.85. The summed E-state index contributed by atoms with van der Waals surface area (Å²) in [6, 6.07) is 13.5. The quantitative estimate of drug-likeness (QED) is 0.174. The van der Waals surface area contributed by atoms with Gasteiger partial charge in [0, 0.05) is 30.5 Å². The van der Waals surface area contributed by atoms with Gasteiger partial charge in [0.15, 0.2) is 11.6 Å². The normalized spacial score (nSPS) is 12.0. The molecule has 9 nitrogen and oxygen atoms in total. The zero-order valence-electron chi connectivity index (χ0n) is 23.3. The lowest BCUT2D eigenvalue weighted by atomic mass is 9.91. The van der Waals surface area contributed by atoms with Crippen molar-refractivity contribution in [2.24, 2.45) is 0 Å². The highest BCUT2D eigenvalue weighted by Gasteiger charge is 2.28. The number of unbranched alkanes of at least 4 members (excludes halogenated alkanes) is 1. The third kappa shape index (κ3) is 9.69. The van der Waals surface area contributed by atoms with Gasteiger partial charge in [-0.25, -0.2) is 0 Å². The number of carboxylic acids is 1. The molecule has 0 unspecified atom stereocenters. The number of aliphatic hydroxyl groups is 2. The van der Waals surface area contributed by atoms with Crippen molar-refractivity contribution in [3.05, 3.63) is 70.8 Å². The number of carboxylic acid groups (broad SMARTS) is 1. The lowest BCUT2D eigenvalue weighted by Gasteiger charge is -2.29. The van der Waals surface area contributed by atoms with Crippen LogP contribution in [-0.2, 0) is 14.3 Å². The van der Waals surface area contributed by atoms with Crippen LogP contribution in [-0.4, -0.2) is 75.1 Å². The molecule has 0 aromatic heterocycles. The zero-order chi connectivity index (χ0) is 29.4. The smallest absolute Gasteiger partial charge is 0.305 e. The van der Waals surface area contributed by atoms with E-state index in [1.165, 1.54) is 27.7 Å². The van der Waals surface area contributed by atoms with Gasteiger partial charge in [-0.15, -0.1) is 0 Å². The summed E-state index contributed by atoms with van der Waals surface area (Å²) in [6.07, 6.45) is 1.01. The lowest BCUT2D eigenvalue weighted by molar-refractivity contribution is -0.144. The zero-order valence-corrected chi connectivity index (χ0v) is 23.3. The van der Waals surface area contributed by atoms with Gasteiger partial charge in [0.1, 0.15) is 17.8 Å². The van der Waals surface area contributed by atoms with Crippen molar-refractivity contribution in [3.63, 3.8) is 0 Å². The van der Waals surface area contributed by atoms with E-state index in [-0.39, 0.29) is 25.5 Å². The van der Waals surface area contributed by atoms with E-state index >= 15 is 0 Å².